The molecule has 0 aliphatic carbocycles. The van der Waals surface area contributed by atoms with Gasteiger partial charge in [0.2, 0.25) is 0 Å². The lowest BCUT2D eigenvalue weighted by molar-refractivity contribution is -0.274. The summed E-state index contributed by atoms with van der Waals surface area (Å²) < 4.78 is 46.4. The van der Waals surface area contributed by atoms with Crippen molar-refractivity contribution in [2.75, 3.05) is 6.61 Å². The molecule has 146 valence electrons. The first-order valence-electron chi connectivity index (χ1n) is 8.23. The number of hydrogen-bond donors (Lipinski definition) is 2. The topological polar surface area (TPSA) is 71.8 Å². The molecule has 3 aromatic rings. The van der Waals surface area contributed by atoms with Crippen LogP contribution in [0.5, 0.6) is 17.2 Å². The van der Waals surface area contributed by atoms with Gasteiger partial charge in [-0.1, -0.05) is 18.2 Å². The molecular formula is C20H16F3NO4. The highest BCUT2D eigenvalue weighted by molar-refractivity contribution is 5.64. The molecule has 8 heteroatoms. The molecule has 0 bridgehead atoms. The first-order valence-corrected chi connectivity index (χ1v) is 8.23. The Hall–Kier alpha value is -3.10. The Kier molecular flexibility index (Phi) is 5.81. The molecule has 2 N–H and O–H groups in total. The van der Waals surface area contributed by atoms with Gasteiger partial charge in [0, 0.05) is 12.3 Å². The molecular weight excluding hydrogens is 375 g/mol. The summed E-state index contributed by atoms with van der Waals surface area (Å²) in [5.74, 6) is 0.262. The number of pyridine rings is 1. The van der Waals surface area contributed by atoms with Gasteiger partial charge in [-0.2, -0.15) is 0 Å². The molecule has 1 heterocycles. The van der Waals surface area contributed by atoms with Crippen molar-refractivity contribution in [3.8, 4) is 28.4 Å². The minimum absolute atomic E-state index is 0.201. The summed E-state index contributed by atoms with van der Waals surface area (Å²) in [4.78, 5) is 4.02. The quantitative estimate of drug-likeness (QED) is 0.649. The van der Waals surface area contributed by atoms with Crippen molar-refractivity contribution in [1.82, 2.24) is 4.98 Å². The van der Waals surface area contributed by atoms with Crippen LogP contribution in [-0.4, -0.2) is 28.2 Å². The molecule has 1 atom stereocenters. The third-order valence-electron chi connectivity index (χ3n) is 3.76. The lowest BCUT2D eigenvalue weighted by Crippen LogP contribution is -2.16. The van der Waals surface area contributed by atoms with Crippen molar-refractivity contribution < 1.29 is 32.9 Å². The van der Waals surface area contributed by atoms with Gasteiger partial charge in [0.25, 0.3) is 0 Å². The molecule has 0 aliphatic heterocycles. The van der Waals surface area contributed by atoms with Gasteiger partial charge in [-0.3, -0.25) is 4.98 Å². The lowest BCUT2D eigenvalue weighted by atomic mass is 10.0. The third-order valence-corrected chi connectivity index (χ3v) is 3.76. The molecule has 0 radical (unpaired) electrons. The molecule has 2 aromatic carbocycles. The van der Waals surface area contributed by atoms with E-state index in [9.17, 15) is 18.3 Å². The van der Waals surface area contributed by atoms with Crippen LogP contribution >= 0.6 is 0 Å². The maximum absolute atomic E-state index is 12.3. The second-order valence-electron chi connectivity index (χ2n) is 5.82. The molecule has 0 amide bonds. The number of hydrogen-bond acceptors (Lipinski definition) is 5. The van der Waals surface area contributed by atoms with Crippen LogP contribution < -0.4 is 9.47 Å². The summed E-state index contributed by atoms with van der Waals surface area (Å²) in [5.41, 5.74) is 1.95. The van der Waals surface area contributed by atoms with Gasteiger partial charge >= 0.3 is 6.36 Å². The Balaban J connectivity index is 1.74. The zero-order valence-electron chi connectivity index (χ0n) is 14.4. The molecule has 3 rings (SSSR count). The Morgan fingerprint density at radius 1 is 0.893 bits per heavy atom. The van der Waals surface area contributed by atoms with Crippen molar-refractivity contribution in [2.24, 2.45) is 0 Å². The fourth-order valence-corrected chi connectivity index (χ4v) is 2.49. The summed E-state index contributed by atoms with van der Waals surface area (Å²) in [6.45, 7) is -0.430. The van der Waals surface area contributed by atoms with Crippen molar-refractivity contribution >= 4 is 0 Å². The van der Waals surface area contributed by atoms with E-state index in [1.165, 1.54) is 24.4 Å². The van der Waals surface area contributed by atoms with Crippen molar-refractivity contribution in [3.63, 3.8) is 0 Å². The minimum Gasteiger partial charge on any atom is -0.457 e. The van der Waals surface area contributed by atoms with Crippen LogP contribution in [0.2, 0.25) is 0 Å². The molecule has 0 saturated carbocycles. The smallest absolute Gasteiger partial charge is 0.457 e. The lowest BCUT2D eigenvalue weighted by Gasteiger charge is -2.11. The summed E-state index contributed by atoms with van der Waals surface area (Å²) >= 11 is 0. The summed E-state index contributed by atoms with van der Waals surface area (Å²) in [6, 6.07) is 15.5. The van der Waals surface area contributed by atoms with Crippen LogP contribution in [0.25, 0.3) is 11.1 Å². The molecule has 5 nitrogen and oxygen atoms in total. The number of rotatable bonds is 6. The fourth-order valence-electron chi connectivity index (χ4n) is 2.49. The van der Waals surface area contributed by atoms with Crippen molar-refractivity contribution in [2.45, 2.75) is 12.5 Å². The van der Waals surface area contributed by atoms with Crippen molar-refractivity contribution in [3.05, 3.63) is 72.6 Å². The van der Waals surface area contributed by atoms with Crippen LogP contribution in [0.15, 0.2) is 66.9 Å². The maximum atomic E-state index is 12.3. The Morgan fingerprint density at radius 2 is 1.61 bits per heavy atom. The number of halogens is 3. The van der Waals surface area contributed by atoms with Gasteiger partial charge in [-0.15, -0.1) is 13.2 Å². The van der Waals surface area contributed by atoms with E-state index in [-0.39, 0.29) is 11.5 Å². The number of benzene rings is 2. The van der Waals surface area contributed by atoms with E-state index in [0.717, 1.165) is 17.2 Å². The highest BCUT2D eigenvalue weighted by Crippen LogP contribution is 2.30. The van der Waals surface area contributed by atoms with Gasteiger partial charge in [-0.25, -0.2) is 0 Å². The average Bonchev–Trinajstić information content (AvgIpc) is 2.67. The molecule has 0 saturated heterocycles. The average molecular weight is 391 g/mol. The molecule has 0 unspecified atom stereocenters. The van der Waals surface area contributed by atoms with E-state index in [1.54, 1.807) is 36.4 Å². The number of aromatic nitrogens is 1. The van der Waals surface area contributed by atoms with Crippen LogP contribution in [0, 0.1) is 0 Å². The van der Waals surface area contributed by atoms with Crippen molar-refractivity contribution in [1.29, 1.82) is 0 Å². The van der Waals surface area contributed by atoms with Crippen LogP contribution in [-0.2, 0) is 0 Å². The predicted molar refractivity (Wildman–Crippen MR) is 94.9 cm³/mol. The molecule has 1 aromatic heterocycles. The zero-order chi connectivity index (χ0) is 20.1. The molecule has 0 spiro atoms. The molecule has 0 fully saturated rings. The normalized spacial score (nSPS) is 12.5. The minimum atomic E-state index is -4.77. The number of aliphatic hydroxyl groups is 2. The van der Waals surface area contributed by atoms with Gasteiger partial charge in [0.15, 0.2) is 0 Å². The summed E-state index contributed by atoms with van der Waals surface area (Å²) in [6.07, 6.45) is -4.30. The monoisotopic (exact) mass is 391 g/mol. The third kappa shape index (κ3) is 5.21. The number of aliphatic hydroxyl groups excluding tert-OH is 2. The summed E-state index contributed by atoms with van der Waals surface area (Å²) in [5, 5.41) is 18.7. The first kappa shape index (κ1) is 19.7. The zero-order valence-corrected chi connectivity index (χ0v) is 14.4. The predicted octanol–water partition coefficient (Wildman–Crippen LogP) is 4.47. The highest BCUT2D eigenvalue weighted by Gasteiger charge is 2.31. The molecule has 28 heavy (non-hydrogen) atoms. The van der Waals surface area contributed by atoms with E-state index in [0.29, 0.717) is 11.4 Å². The van der Waals surface area contributed by atoms with Gasteiger partial charge < -0.3 is 19.7 Å². The number of nitrogens with zero attached hydrogens (tertiary/aromatic N) is 1. The fraction of sp³-hybridized carbons (Fsp3) is 0.150. The second-order valence-corrected chi connectivity index (χ2v) is 5.82. The van der Waals surface area contributed by atoms with Crippen LogP contribution in [0.1, 0.15) is 11.8 Å². The number of ether oxygens (including phenoxy) is 2. The van der Waals surface area contributed by atoms with E-state index in [4.69, 9.17) is 9.84 Å². The van der Waals surface area contributed by atoms with Gasteiger partial charge in [0.05, 0.1) is 12.3 Å². The van der Waals surface area contributed by atoms with Gasteiger partial charge in [-0.05, 0) is 47.5 Å². The summed E-state index contributed by atoms with van der Waals surface area (Å²) in [7, 11) is 0. The Bertz CT molecular complexity index is 929. The first-order chi connectivity index (χ1) is 13.3. The van der Waals surface area contributed by atoms with E-state index < -0.39 is 19.1 Å². The largest absolute Gasteiger partial charge is 0.573 e. The van der Waals surface area contributed by atoms with E-state index in [1.807, 2.05) is 0 Å². The SMILES string of the molecule is OC[C@@H](O)c1cc(-c2ccc(Oc3cccc(OC(F)(F)F)c3)cc2)ccn1. The Morgan fingerprint density at radius 3 is 2.29 bits per heavy atom. The van der Waals surface area contributed by atoms with Crippen LogP contribution in [0.3, 0.4) is 0 Å². The Labute approximate surface area is 158 Å². The molecule has 0 aliphatic rings. The maximum Gasteiger partial charge on any atom is 0.573 e. The van der Waals surface area contributed by atoms with Crippen LogP contribution in [0.4, 0.5) is 13.2 Å². The standard InChI is InChI=1S/C20H16F3NO4/c21-20(22,23)28-17-3-1-2-16(11-17)27-15-6-4-13(5-7-15)14-8-9-24-18(10-14)19(26)12-25/h1-11,19,25-26H,12H2/t19-/m1/s1. The van der Waals surface area contributed by atoms with Gasteiger partial charge in [0.1, 0.15) is 23.4 Å². The van der Waals surface area contributed by atoms with E-state index >= 15 is 0 Å². The van der Waals surface area contributed by atoms with E-state index in [2.05, 4.69) is 9.72 Å². The number of alkyl halides is 3. The second kappa shape index (κ2) is 8.28. The highest BCUT2D eigenvalue weighted by atomic mass is 19.4.